The third-order valence-corrected chi connectivity index (χ3v) is 10.0. The molecule has 0 saturated heterocycles. The first-order valence-electron chi connectivity index (χ1n) is 21.1. The van der Waals surface area contributed by atoms with E-state index in [1.54, 1.807) is 24.3 Å². The summed E-state index contributed by atoms with van der Waals surface area (Å²) in [6.45, 7) is 2.67. The number of halogens is 1. The third-order valence-electron chi connectivity index (χ3n) is 9.57. The van der Waals surface area contributed by atoms with Gasteiger partial charge >= 0.3 is 7.82 Å². The Morgan fingerprint density at radius 1 is 0.714 bits per heavy atom. The van der Waals surface area contributed by atoms with Crippen molar-refractivity contribution in [2.24, 2.45) is 10.2 Å². The molecule has 6 N–H and O–H groups in total. The number of alkyl halides is 1. The summed E-state index contributed by atoms with van der Waals surface area (Å²) in [5, 5.41) is 19.4. The molecule has 17 nitrogen and oxygen atoms in total. The van der Waals surface area contributed by atoms with E-state index >= 15 is 0 Å². The highest BCUT2D eigenvalue weighted by molar-refractivity contribution is 7.46. The monoisotopic (exact) mass is 897 g/mol. The quantitative estimate of drug-likeness (QED) is 0.0178. The Bertz CT molecular complexity index is 1980. The van der Waals surface area contributed by atoms with Gasteiger partial charge in [-0.1, -0.05) is 50.3 Å². The molecule has 4 amide bonds. The van der Waals surface area contributed by atoms with Crippen molar-refractivity contribution >= 4 is 54.3 Å². The highest BCUT2D eigenvalue weighted by Gasteiger charge is 2.26. The Balaban J connectivity index is 1.38. The summed E-state index contributed by atoms with van der Waals surface area (Å²) in [5.41, 5.74) is 2.68. The SMILES string of the molecule is CC(=O)NCCOCCC(=O)NC(CCCCCC(=O)c1ccc(N=Nc2ccc(N(C)C)cc2)cc1)C(=O)NCCCCCCCNC(=O)C(F)c1ccccc1OP(=O)(O)O. The number of phosphoric ester groups is 1. The zero-order chi connectivity index (χ0) is 46.0. The molecule has 0 spiro atoms. The van der Waals surface area contributed by atoms with Crippen molar-refractivity contribution in [3.05, 3.63) is 83.9 Å². The molecule has 2 atom stereocenters. The van der Waals surface area contributed by atoms with E-state index in [9.17, 15) is 32.9 Å². The molecule has 0 aliphatic rings. The number of hydrogen-bond donors (Lipinski definition) is 6. The van der Waals surface area contributed by atoms with E-state index in [1.807, 2.05) is 43.3 Å². The van der Waals surface area contributed by atoms with Gasteiger partial charge in [0.05, 0.1) is 24.6 Å². The number of carbonyl (C=O) groups is 5. The number of benzene rings is 3. The van der Waals surface area contributed by atoms with E-state index in [0.717, 1.165) is 30.6 Å². The minimum absolute atomic E-state index is 0.00713. The summed E-state index contributed by atoms with van der Waals surface area (Å²) >= 11 is 0. The van der Waals surface area contributed by atoms with Crippen molar-refractivity contribution in [2.75, 3.05) is 51.8 Å². The number of carbonyl (C=O) groups excluding carboxylic acids is 5. The molecule has 0 aromatic heterocycles. The minimum Gasteiger partial charge on any atom is -0.404 e. The van der Waals surface area contributed by atoms with Crippen LogP contribution in [-0.2, 0) is 28.5 Å². The molecule has 0 heterocycles. The Labute approximate surface area is 368 Å². The van der Waals surface area contributed by atoms with Crippen LogP contribution in [0.15, 0.2) is 83.0 Å². The average molecular weight is 898 g/mol. The highest BCUT2D eigenvalue weighted by Crippen LogP contribution is 2.41. The summed E-state index contributed by atoms with van der Waals surface area (Å²) < 4.78 is 36.0. The number of azo groups is 1. The Hall–Kier alpha value is -5.55. The van der Waals surface area contributed by atoms with Gasteiger partial charge in [0, 0.05) is 70.3 Å². The van der Waals surface area contributed by atoms with Gasteiger partial charge in [-0.05, 0) is 80.3 Å². The second-order valence-electron chi connectivity index (χ2n) is 15.0. The molecule has 2 unspecified atom stereocenters. The summed E-state index contributed by atoms with van der Waals surface area (Å²) in [7, 11) is -1.02. The first-order valence-corrected chi connectivity index (χ1v) is 22.6. The van der Waals surface area contributed by atoms with Crippen LogP contribution in [0.25, 0.3) is 0 Å². The maximum atomic E-state index is 14.8. The molecule has 0 fully saturated rings. The maximum absolute atomic E-state index is 14.8. The van der Waals surface area contributed by atoms with E-state index in [1.165, 1.54) is 31.2 Å². The Morgan fingerprint density at radius 2 is 1.30 bits per heavy atom. The Kier molecular flexibility index (Phi) is 23.2. The van der Waals surface area contributed by atoms with E-state index in [-0.39, 0.29) is 55.2 Å². The highest BCUT2D eigenvalue weighted by atomic mass is 31.2. The zero-order valence-corrected chi connectivity index (χ0v) is 37.1. The van der Waals surface area contributed by atoms with Crippen LogP contribution in [0.4, 0.5) is 21.5 Å². The number of phosphoric acid groups is 1. The van der Waals surface area contributed by atoms with Crippen molar-refractivity contribution in [3.63, 3.8) is 0 Å². The lowest BCUT2D eigenvalue weighted by Crippen LogP contribution is -2.47. The lowest BCUT2D eigenvalue weighted by atomic mass is 10.0. The number of amides is 4. The van der Waals surface area contributed by atoms with Gasteiger partial charge in [-0.25, -0.2) is 8.96 Å². The second kappa shape index (κ2) is 28.2. The fourth-order valence-corrected chi connectivity index (χ4v) is 6.58. The van der Waals surface area contributed by atoms with Crippen LogP contribution < -0.4 is 30.7 Å². The molecule has 344 valence electrons. The molecule has 0 aliphatic carbocycles. The van der Waals surface area contributed by atoms with Crippen LogP contribution in [0.1, 0.15) is 99.6 Å². The van der Waals surface area contributed by atoms with Gasteiger partial charge in [0.15, 0.2) is 5.78 Å². The van der Waals surface area contributed by atoms with Gasteiger partial charge in [-0.3, -0.25) is 33.8 Å². The molecule has 0 saturated carbocycles. The lowest BCUT2D eigenvalue weighted by Gasteiger charge is -2.19. The molecule has 3 rings (SSSR count). The number of nitrogens with one attached hydrogen (secondary N) is 4. The van der Waals surface area contributed by atoms with Gasteiger partial charge in [0.2, 0.25) is 23.9 Å². The lowest BCUT2D eigenvalue weighted by molar-refractivity contribution is -0.129. The van der Waals surface area contributed by atoms with Crippen LogP contribution in [0, 0.1) is 0 Å². The largest absolute Gasteiger partial charge is 0.524 e. The predicted octanol–water partition coefficient (Wildman–Crippen LogP) is 6.69. The first-order chi connectivity index (χ1) is 30.1. The number of nitrogens with zero attached hydrogens (tertiary/aromatic N) is 3. The van der Waals surface area contributed by atoms with Gasteiger partial charge in [-0.15, -0.1) is 0 Å². The number of unbranched alkanes of at least 4 members (excludes halogenated alkanes) is 6. The Morgan fingerprint density at radius 3 is 1.92 bits per heavy atom. The van der Waals surface area contributed by atoms with Crippen molar-refractivity contribution in [1.29, 1.82) is 0 Å². The van der Waals surface area contributed by atoms with Gasteiger partial charge < -0.3 is 35.4 Å². The third kappa shape index (κ3) is 21.4. The first kappa shape index (κ1) is 51.8. The topological polar surface area (TPSA) is 237 Å². The normalized spacial score (nSPS) is 12.3. The van der Waals surface area contributed by atoms with Crippen molar-refractivity contribution in [1.82, 2.24) is 21.3 Å². The second-order valence-corrected chi connectivity index (χ2v) is 16.1. The molecular weight excluding hydrogens is 836 g/mol. The number of hydrogen-bond acceptors (Lipinski definition) is 11. The number of ketones is 1. The van der Waals surface area contributed by atoms with Crippen LogP contribution in [0.3, 0.4) is 0 Å². The van der Waals surface area contributed by atoms with Crippen molar-refractivity contribution in [2.45, 2.75) is 89.8 Å². The van der Waals surface area contributed by atoms with Gasteiger partial charge in [0.25, 0.3) is 5.91 Å². The summed E-state index contributed by atoms with van der Waals surface area (Å²) in [4.78, 5) is 82.4. The molecule has 63 heavy (non-hydrogen) atoms. The molecule has 19 heteroatoms. The number of anilines is 1. The molecular formula is C44H61FN7O10P. The molecule has 3 aromatic rings. The fourth-order valence-electron chi connectivity index (χ4n) is 6.16. The van der Waals surface area contributed by atoms with Crippen molar-refractivity contribution < 1.29 is 52.0 Å². The maximum Gasteiger partial charge on any atom is 0.524 e. The van der Waals surface area contributed by atoms with Crippen LogP contribution in [0.5, 0.6) is 5.75 Å². The van der Waals surface area contributed by atoms with E-state index in [0.29, 0.717) is 69.3 Å². The van der Waals surface area contributed by atoms with E-state index in [2.05, 4.69) is 36.0 Å². The fraction of sp³-hybridized carbons (Fsp3) is 0.477. The molecule has 3 aromatic carbocycles. The van der Waals surface area contributed by atoms with Crippen LogP contribution in [-0.4, -0.2) is 92.2 Å². The van der Waals surface area contributed by atoms with Crippen LogP contribution in [0.2, 0.25) is 0 Å². The number of para-hydroxylation sites is 1. The standard InChI is InChI=1S/C44H61FN7O10P/c1-32(53)46-29-31-61-30-26-41(55)49-38(15-8-7-9-16-39(54)33-18-20-34(21-19-33)50-51-35-22-24-36(25-23-35)52(2)3)43(56)47-27-12-5-4-6-13-28-48-44(57)42(45)37-14-10-11-17-40(37)62-63(58,59)60/h10-11,14,17-25,38,42H,4-9,12-13,15-16,26-31H2,1-3H3,(H,46,53)(H,47,56)(H,48,57)(H,49,55)(H2,58,59,60). The average Bonchev–Trinajstić information content (AvgIpc) is 3.25. The zero-order valence-electron chi connectivity index (χ0n) is 36.2. The van der Waals surface area contributed by atoms with Gasteiger partial charge in [-0.2, -0.15) is 10.2 Å². The smallest absolute Gasteiger partial charge is 0.404 e. The number of Topliss-reactive ketones (excluding diaryl/α,β-unsaturated/α-hetero) is 1. The molecule has 0 bridgehead atoms. The van der Waals surface area contributed by atoms with Gasteiger partial charge in [0.1, 0.15) is 11.8 Å². The van der Waals surface area contributed by atoms with Crippen molar-refractivity contribution in [3.8, 4) is 5.75 Å². The predicted molar refractivity (Wildman–Crippen MR) is 237 cm³/mol. The number of rotatable bonds is 30. The molecule has 0 radical (unpaired) electrons. The summed E-state index contributed by atoms with van der Waals surface area (Å²) in [5.74, 6) is -2.21. The summed E-state index contributed by atoms with van der Waals surface area (Å²) in [6, 6.07) is 19.1. The number of ether oxygens (including phenoxy) is 1. The van der Waals surface area contributed by atoms with Crippen LogP contribution >= 0.6 is 7.82 Å². The molecule has 0 aliphatic heterocycles. The van der Waals surface area contributed by atoms with E-state index < -0.39 is 31.7 Å². The van der Waals surface area contributed by atoms with E-state index in [4.69, 9.17) is 14.5 Å². The summed E-state index contributed by atoms with van der Waals surface area (Å²) in [6.07, 6.45) is 3.94. The minimum atomic E-state index is -4.95.